The van der Waals surface area contributed by atoms with Crippen LogP contribution in [0.4, 0.5) is 18.9 Å². The van der Waals surface area contributed by atoms with Crippen molar-refractivity contribution in [2.45, 2.75) is 6.18 Å². The molecule has 2 heterocycles. The van der Waals surface area contributed by atoms with Crippen LogP contribution in [0.3, 0.4) is 0 Å². The summed E-state index contributed by atoms with van der Waals surface area (Å²) in [5.41, 5.74) is -0.991. The highest BCUT2D eigenvalue weighted by Gasteiger charge is 2.37. The number of hydrogen-bond acceptors (Lipinski definition) is 4. The number of fused-ring (bicyclic) bond motifs is 1. The van der Waals surface area contributed by atoms with E-state index in [9.17, 15) is 23.3 Å². The zero-order valence-corrected chi connectivity index (χ0v) is 9.45. The van der Waals surface area contributed by atoms with Gasteiger partial charge in [0.1, 0.15) is 5.52 Å². The average molecular weight is 281 g/mol. The van der Waals surface area contributed by atoms with Gasteiger partial charge < -0.3 is 4.57 Å². The van der Waals surface area contributed by atoms with Crippen LogP contribution in [0.2, 0.25) is 5.15 Å². The molecule has 96 valence electrons. The monoisotopic (exact) mass is 280 g/mol. The number of aromatic nitrogens is 3. The van der Waals surface area contributed by atoms with Crippen molar-refractivity contribution in [2.75, 3.05) is 0 Å². The molecule has 0 amide bonds. The van der Waals surface area contributed by atoms with Crippen LogP contribution in [0.5, 0.6) is 0 Å². The molecule has 0 bridgehead atoms. The molecule has 0 saturated carbocycles. The minimum atomic E-state index is -4.67. The topological polar surface area (TPSA) is 73.8 Å². The number of pyridine rings is 1. The van der Waals surface area contributed by atoms with Crippen molar-refractivity contribution in [3.05, 3.63) is 27.2 Å². The van der Waals surface area contributed by atoms with E-state index in [2.05, 4.69) is 9.97 Å². The standard InChI is InChI=1S/C8H4ClF3N4O2/c1-15-6-3(13-7(15)8(10,11)12)2-4(16(17)18)5(9)14-6/h2H,1H3. The van der Waals surface area contributed by atoms with E-state index in [1.54, 1.807) is 0 Å². The second-order valence-corrected chi connectivity index (χ2v) is 3.75. The van der Waals surface area contributed by atoms with E-state index in [1.807, 2.05) is 0 Å². The molecule has 0 aromatic carbocycles. The molecule has 2 aromatic rings. The van der Waals surface area contributed by atoms with E-state index in [4.69, 9.17) is 11.6 Å². The van der Waals surface area contributed by atoms with Crippen molar-refractivity contribution in [2.24, 2.45) is 7.05 Å². The molecule has 2 rings (SSSR count). The Hall–Kier alpha value is -1.90. The Morgan fingerprint density at radius 3 is 2.56 bits per heavy atom. The molecule has 0 fully saturated rings. The molecule has 0 aliphatic heterocycles. The highest BCUT2D eigenvalue weighted by Crippen LogP contribution is 2.32. The molecule has 18 heavy (non-hydrogen) atoms. The Morgan fingerprint density at radius 1 is 1.44 bits per heavy atom. The van der Waals surface area contributed by atoms with Crippen molar-refractivity contribution in [3.63, 3.8) is 0 Å². The molecule has 6 nitrogen and oxygen atoms in total. The van der Waals surface area contributed by atoms with E-state index in [0.717, 1.165) is 13.1 Å². The Kier molecular flexibility index (Phi) is 2.65. The zero-order valence-electron chi connectivity index (χ0n) is 8.69. The van der Waals surface area contributed by atoms with Gasteiger partial charge in [0.05, 0.1) is 4.92 Å². The Balaban J connectivity index is 2.78. The summed E-state index contributed by atoms with van der Waals surface area (Å²) in [6, 6.07) is 0.861. The third kappa shape index (κ3) is 1.86. The van der Waals surface area contributed by atoms with Gasteiger partial charge in [0.15, 0.2) is 5.65 Å². The molecule has 0 atom stereocenters. The van der Waals surface area contributed by atoms with Gasteiger partial charge in [0.2, 0.25) is 11.0 Å². The predicted octanol–water partition coefficient (Wildman–Crippen LogP) is 2.55. The van der Waals surface area contributed by atoms with Gasteiger partial charge in [-0.1, -0.05) is 11.6 Å². The van der Waals surface area contributed by atoms with Crippen LogP contribution >= 0.6 is 11.6 Å². The Morgan fingerprint density at radius 2 is 2.06 bits per heavy atom. The molecule has 0 unspecified atom stereocenters. The normalized spacial score (nSPS) is 12.1. The first kappa shape index (κ1) is 12.6. The number of aryl methyl sites for hydroxylation is 1. The molecular weight excluding hydrogens is 277 g/mol. The third-order valence-electron chi connectivity index (χ3n) is 2.23. The lowest BCUT2D eigenvalue weighted by molar-refractivity contribution is -0.384. The summed E-state index contributed by atoms with van der Waals surface area (Å²) >= 11 is 5.52. The highest BCUT2D eigenvalue weighted by molar-refractivity contribution is 6.31. The first-order valence-electron chi connectivity index (χ1n) is 4.46. The third-order valence-corrected chi connectivity index (χ3v) is 2.51. The molecule has 0 N–H and O–H groups in total. The van der Waals surface area contributed by atoms with Crippen molar-refractivity contribution in [1.82, 2.24) is 14.5 Å². The average Bonchev–Trinajstić information content (AvgIpc) is 2.54. The van der Waals surface area contributed by atoms with E-state index in [0.29, 0.717) is 4.57 Å². The summed E-state index contributed by atoms with van der Waals surface area (Å²) in [6.07, 6.45) is -4.67. The molecule has 2 aromatic heterocycles. The fourth-order valence-electron chi connectivity index (χ4n) is 1.46. The Labute approximate surface area is 102 Å². The number of nitrogens with zero attached hydrogens (tertiary/aromatic N) is 4. The van der Waals surface area contributed by atoms with E-state index < -0.39 is 27.8 Å². The van der Waals surface area contributed by atoms with Crippen molar-refractivity contribution < 1.29 is 18.1 Å². The Bertz CT molecular complexity index is 652. The largest absolute Gasteiger partial charge is 0.449 e. The van der Waals surface area contributed by atoms with Gasteiger partial charge >= 0.3 is 11.9 Å². The van der Waals surface area contributed by atoms with Crippen LogP contribution in [0.1, 0.15) is 5.82 Å². The van der Waals surface area contributed by atoms with Gasteiger partial charge in [-0.2, -0.15) is 13.2 Å². The van der Waals surface area contributed by atoms with Crippen LogP contribution in [-0.4, -0.2) is 19.5 Å². The molecule has 0 aliphatic rings. The summed E-state index contributed by atoms with van der Waals surface area (Å²) in [7, 11) is 1.10. The molecule has 0 saturated heterocycles. The van der Waals surface area contributed by atoms with Crippen molar-refractivity contribution in [3.8, 4) is 0 Å². The van der Waals surface area contributed by atoms with Crippen LogP contribution in [0, 0.1) is 10.1 Å². The van der Waals surface area contributed by atoms with Gasteiger partial charge in [-0.15, -0.1) is 0 Å². The number of alkyl halides is 3. The summed E-state index contributed by atoms with van der Waals surface area (Å²) in [5, 5.41) is 10.1. The summed E-state index contributed by atoms with van der Waals surface area (Å²) in [5.74, 6) is -1.19. The predicted molar refractivity (Wildman–Crippen MR) is 55.2 cm³/mol. The van der Waals surface area contributed by atoms with Gasteiger partial charge in [-0.05, 0) is 0 Å². The number of halogens is 4. The lowest BCUT2D eigenvalue weighted by atomic mass is 10.4. The van der Waals surface area contributed by atoms with Gasteiger partial charge in [0, 0.05) is 13.1 Å². The van der Waals surface area contributed by atoms with Crippen LogP contribution in [0.25, 0.3) is 11.2 Å². The lowest BCUT2D eigenvalue weighted by Crippen LogP contribution is -2.12. The first-order chi connectivity index (χ1) is 8.21. The second-order valence-electron chi connectivity index (χ2n) is 3.39. The van der Waals surface area contributed by atoms with Gasteiger partial charge in [0.25, 0.3) is 0 Å². The maximum Gasteiger partial charge on any atom is 0.449 e. The summed E-state index contributed by atoms with van der Waals surface area (Å²) in [4.78, 5) is 16.6. The van der Waals surface area contributed by atoms with Gasteiger partial charge in [-0.25, -0.2) is 9.97 Å². The van der Waals surface area contributed by atoms with Crippen LogP contribution in [0.15, 0.2) is 6.07 Å². The SMILES string of the molecule is Cn1c(C(F)(F)F)nc2cc([N+](=O)[O-])c(Cl)nc21. The van der Waals surface area contributed by atoms with Crippen LogP contribution < -0.4 is 0 Å². The highest BCUT2D eigenvalue weighted by atomic mass is 35.5. The van der Waals surface area contributed by atoms with E-state index >= 15 is 0 Å². The zero-order chi connectivity index (χ0) is 13.7. The minimum Gasteiger partial charge on any atom is -0.308 e. The summed E-state index contributed by atoms with van der Waals surface area (Å²) < 4.78 is 38.4. The van der Waals surface area contributed by atoms with Gasteiger partial charge in [-0.3, -0.25) is 10.1 Å². The summed E-state index contributed by atoms with van der Waals surface area (Å²) in [6.45, 7) is 0. The number of nitro groups is 1. The number of hydrogen-bond donors (Lipinski definition) is 0. The van der Waals surface area contributed by atoms with Crippen molar-refractivity contribution in [1.29, 1.82) is 0 Å². The minimum absolute atomic E-state index is 0.169. The molecule has 0 radical (unpaired) electrons. The quantitative estimate of drug-likeness (QED) is 0.457. The smallest absolute Gasteiger partial charge is 0.308 e. The molecular formula is C8H4ClF3N4O2. The number of imidazole rings is 1. The lowest BCUT2D eigenvalue weighted by Gasteiger charge is -2.04. The van der Waals surface area contributed by atoms with Crippen LogP contribution in [-0.2, 0) is 13.2 Å². The first-order valence-corrected chi connectivity index (χ1v) is 4.84. The molecule has 0 spiro atoms. The maximum absolute atomic E-state index is 12.6. The van der Waals surface area contributed by atoms with Crippen molar-refractivity contribution >= 4 is 28.5 Å². The second kappa shape index (κ2) is 3.80. The molecule has 10 heteroatoms. The van der Waals surface area contributed by atoms with E-state index in [-0.39, 0.29) is 11.2 Å². The van der Waals surface area contributed by atoms with E-state index in [1.165, 1.54) is 0 Å². The maximum atomic E-state index is 12.6. The fourth-order valence-corrected chi connectivity index (χ4v) is 1.66. The molecule has 0 aliphatic carbocycles. The number of rotatable bonds is 1. The fraction of sp³-hybridized carbons (Fsp3) is 0.250.